The minimum Gasteiger partial charge on any atom is -0.497 e. The number of aromatic nitrogens is 2. The molecule has 1 aromatic heterocycles. The lowest BCUT2D eigenvalue weighted by Gasteiger charge is -2.07. The molecule has 0 atom stereocenters. The number of carbonyl (C=O) groups is 1. The summed E-state index contributed by atoms with van der Waals surface area (Å²) in [7, 11) is 1.59. The number of carbonyl (C=O) groups excluding carboxylic acids is 1. The number of benzene rings is 2. The Morgan fingerprint density at radius 3 is 2.48 bits per heavy atom. The van der Waals surface area contributed by atoms with Crippen LogP contribution in [-0.4, -0.2) is 23.2 Å². The molecule has 116 valence electrons. The fourth-order valence-corrected chi connectivity index (χ4v) is 2.29. The highest BCUT2D eigenvalue weighted by atomic mass is 35.5. The second-order valence-corrected chi connectivity index (χ2v) is 5.28. The molecule has 1 heterocycles. The molecule has 0 saturated carbocycles. The van der Waals surface area contributed by atoms with E-state index in [-0.39, 0.29) is 5.91 Å². The van der Waals surface area contributed by atoms with E-state index in [1.165, 1.54) is 6.20 Å². The first-order chi connectivity index (χ1) is 11.2. The van der Waals surface area contributed by atoms with Gasteiger partial charge in [-0.05, 0) is 36.4 Å². The summed E-state index contributed by atoms with van der Waals surface area (Å²) in [5.41, 5.74) is 2.63. The molecule has 0 spiro atoms. The number of aromatic amines is 1. The number of methoxy groups -OCH3 is 1. The predicted molar refractivity (Wildman–Crippen MR) is 90.0 cm³/mol. The Labute approximate surface area is 138 Å². The molecule has 5 nitrogen and oxygen atoms in total. The smallest absolute Gasteiger partial charge is 0.259 e. The number of H-pyrrole nitrogens is 1. The van der Waals surface area contributed by atoms with Crippen molar-refractivity contribution in [1.29, 1.82) is 0 Å². The van der Waals surface area contributed by atoms with Gasteiger partial charge < -0.3 is 10.1 Å². The van der Waals surface area contributed by atoms with Crippen LogP contribution in [0.3, 0.4) is 0 Å². The fraction of sp³-hybridized carbons (Fsp3) is 0.0588. The highest BCUT2D eigenvalue weighted by Gasteiger charge is 2.15. The van der Waals surface area contributed by atoms with E-state index in [9.17, 15) is 4.79 Å². The number of rotatable bonds is 4. The van der Waals surface area contributed by atoms with Gasteiger partial charge in [0.2, 0.25) is 0 Å². The van der Waals surface area contributed by atoms with Gasteiger partial charge in [-0.3, -0.25) is 9.89 Å². The average molecular weight is 328 g/mol. The van der Waals surface area contributed by atoms with E-state index < -0.39 is 0 Å². The molecule has 0 unspecified atom stereocenters. The van der Waals surface area contributed by atoms with Crippen molar-refractivity contribution >= 4 is 23.2 Å². The van der Waals surface area contributed by atoms with Gasteiger partial charge in [-0.15, -0.1) is 0 Å². The van der Waals surface area contributed by atoms with Crippen molar-refractivity contribution < 1.29 is 9.53 Å². The lowest BCUT2D eigenvalue weighted by molar-refractivity contribution is 0.102. The number of amides is 1. The standard InChI is InChI=1S/C17H14ClN3O2/c1-23-14-8-6-13(7-9-14)20-17(22)15-10-19-21-16(15)11-2-4-12(18)5-3-11/h2-10H,1H3,(H,19,21)(H,20,22). The number of nitrogens with one attached hydrogen (secondary N) is 2. The zero-order valence-corrected chi connectivity index (χ0v) is 13.1. The third-order valence-electron chi connectivity index (χ3n) is 3.36. The first-order valence-electron chi connectivity index (χ1n) is 6.92. The third kappa shape index (κ3) is 3.35. The van der Waals surface area contributed by atoms with Crippen LogP contribution in [0.1, 0.15) is 10.4 Å². The van der Waals surface area contributed by atoms with Crippen molar-refractivity contribution in [2.24, 2.45) is 0 Å². The van der Waals surface area contributed by atoms with E-state index in [1.54, 1.807) is 43.5 Å². The third-order valence-corrected chi connectivity index (χ3v) is 3.62. The summed E-state index contributed by atoms with van der Waals surface area (Å²) in [6.07, 6.45) is 1.50. The Bertz CT molecular complexity index is 811. The Morgan fingerprint density at radius 2 is 1.83 bits per heavy atom. The predicted octanol–water partition coefficient (Wildman–Crippen LogP) is 3.99. The molecule has 0 radical (unpaired) electrons. The van der Waals surface area contributed by atoms with E-state index in [0.717, 1.165) is 11.3 Å². The molecule has 1 amide bonds. The van der Waals surface area contributed by atoms with Crippen LogP contribution >= 0.6 is 11.6 Å². The summed E-state index contributed by atoms with van der Waals surface area (Å²) >= 11 is 5.89. The Morgan fingerprint density at radius 1 is 1.13 bits per heavy atom. The number of hydrogen-bond donors (Lipinski definition) is 2. The molecule has 3 aromatic rings. The maximum atomic E-state index is 12.5. The van der Waals surface area contributed by atoms with Gasteiger partial charge in [-0.1, -0.05) is 23.7 Å². The van der Waals surface area contributed by atoms with Gasteiger partial charge in [0, 0.05) is 16.3 Å². The van der Waals surface area contributed by atoms with Crippen LogP contribution in [0, 0.1) is 0 Å². The molecule has 3 rings (SSSR count). The fourth-order valence-electron chi connectivity index (χ4n) is 2.17. The zero-order chi connectivity index (χ0) is 16.2. The van der Waals surface area contributed by atoms with E-state index in [1.807, 2.05) is 12.1 Å². The number of halogens is 1. The topological polar surface area (TPSA) is 67.0 Å². The molecule has 0 saturated heterocycles. The normalized spacial score (nSPS) is 10.3. The monoisotopic (exact) mass is 327 g/mol. The highest BCUT2D eigenvalue weighted by molar-refractivity contribution is 6.30. The largest absolute Gasteiger partial charge is 0.497 e. The maximum absolute atomic E-state index is 12.5. The van der Waals surface area contributed by atoms with Crippen molar-refractivity contribution in [1.82, 2.24) is 10.2 Å². The van der Waals surface area contributed by atoms with Gasteiger partial charge in [0.25, 0.3) is 5.91 Å². The van der Waals surface area contributed by atoms with Crippen molar-refractivity contribution in [2.45, 2.75) is 0 Å². The van der Waals surface area contributed by atoms with Crippen molar-refractivity contribution in [3.63, 3.8) is 0 Å². The lowest BCUT2D eigenvalue weighted by atomic mass is 10.1. The van der Waals surface area contributed by atoms with Gasteiger partial charge >= 0.3 is 0 Å². The molecule has 0 aliphatic rings. The Hall–Kier alpha value is -2.79. The van der Waals surface area contributed by atoms with E-state index >= 15 is 0 Å². The SMILES string of the molecule is COc1ccc(NC(=O)c2cn[nH]c2-c2ccc(Cl)cc2)cc1. The first-order valence-corrected chi connectivity index (χ1v) is 7.30. The Balaban J connectivity index is 1.82. The summed E-state index contributed by atoms with van der Waals surface area (Å²) in [5.74, 6) is 0.488. The van der Waals surface area contributed by atoms with Gasteiger partial charge in [-0.2, -0.15) is 5.10 Å². The average Bonchev–Trinajstić information content (AvgIpc) is 3.06. The van der Waals surface area contributed by atoms with Gasteiger partial charge in [-0.25, -0.2) is 0 Å². The van der Waals surface area contributed by atoms with Crippen molar-refractivity contribution in [3.8, 4) is 17.0 Å². The van der Waals surface area contributed by atoms with Crippen LogP contribution in [0.4, 0.5) is 5.69 Å². The van der Waals surface area contributed by atoms with E-state index in [0.29, 0.717) is 22.0 Å². The highest BCUT2D eigenvalue weighted by Crippen LogP contribution is 2.24. The van der Waals surface area contributed by atoms with Crippen LogP contribution in [0.25, 0.3) is 11.3 Å². The van der Waals surface area contributed by atoms with Gasteiger partial charge in [0.15, 0.2) is 0 Å². The summed E-state index contributed by atoms with van der Waals surface area (Å²) in [5, 5.41) is 10.3. The second kappa shape index (κ2) is 6.54. The molecule has 2 N–H and O–H groups in total. The molecule has 0 bridgehead atoms. The van der Waals surface area contributed by atoms with Gasteiger partial charge in [0.05, 0.1) is 24.6 Å². The van der Waals surface area contributed by atoms with Crippen LogP contribution in [0.5, 0.6) is 5.75 Å². The molecular weight excluding hydrogens is 314 g/mol. The molecular formula is C17H14ClN3O2. The van der Waals surface area contributed by atoms with E-state index in [4.69, 9.17) is 16.3 Å². The first kappa shape index (κ1) is 15.1. The quantitative estimate of drug-likeness (QED) is 0.761. The summed E-state index contributed by atoms with van der Waals surface area (Å²) in [4.78, 5) is 12.5. The summed E-state index contributed by atoms with van der Waals surface area (Å²) in [6.45, 7) is 0. The van der Waals surface area contributed by atoms with Crippen LogP contribution < -0.4 is 10.1 Å². The molecule has 0 aliphatic carbocycles. The van der Waals surface area contributed by atoms with E-state index in [2.05, 4.69) is 15.5 Å². The minimum absolute atomic E-state index is 0.242. The second-order valence-electron chi connectivity index (χ2n) is 4.85. The summed E-state index contributed by atoms with van der Waals surface area (Å²) in [6, 6.07) is 14.3. The number of ether oxygens (including phenoxy) is 1. The number of hydrogen-bond acceptors (Lipinski definition) is 3. The maximum Gasteiger partial charge on any atom is 0.259 e. The van der Waals surface area contributed by atoms with Crippen LogP contribution in [-0.2, 0) is 0 Å². The van der Waals surface area contributed by atoms with Crippen molar-refractivity contribution in [3.05, 3.63) is 65.3 Å². The number of anilines is 1. The molecule has 2 aromatic carbocycles. The molecule has 6 heteroatoms. The zero-order valence-electron chi connectivity index (χ0n) is 12.3. The summed E-state index contributed by atoms with van der Waals surface area (Å²) < 4.78 is 5.09. The lowest BCUT2D eigenvalue weighted by Crippen LogP contribution is -2.12. The van der Waals surface area contributed by atoms with Crippen LogP contribution in [0.2, 0.25) is 5.02 Å². The Kier molecular flexibility index (Phi) is 4.30. The molecule has 0 aliphatic heterocycles. The number of nitrogens with zero attached hydrogens (tertiary/aromatic N) is 1. The molecule has 23 heavy (non-hydrogen) atoms. The minimum atomic E-state index is -0.242. The van der Waals surface area contributed by atoms with Gasteiger partial charge in [0.1, 0.15) is 5.75 Å². The van der Waals surface area contributed by atoms with Crippen LogP contribution in [0.15, 0.2) is 54.7 Å². The molecule has 0 fully saturated rings. The van der Waals surface area contributed by atoms with Crippen molar-refractivity contribution in [2.75, 3.05) is 12.4 Å².